The fraction of sp³-hybridized carbons (Fsp3) is 1.00. The van der Waals surface area contributed by atoms with Crippen molar-refractivity contribution >= 4 is 0 Å². The van der Waals surface area contributed by atoms with E-state index in [9.17, 15) is 10.2 Å². The first-order chi connectivity index (χ1) is 9.59. The van der Waals surface area contributed by atoms with Crippen LogP contribution in [0.2, 0.25) is 0 Å². The highest BCUT2D eigenvalue weighted by Gasteiger charge is 2.22. The predicted molar refractivity (Wildman–Crippen MR) is 81.7 cm³/mol. The fourth-order valence-corrected chi connectivity index (χ4v) is 2.73. The summed E-state index contributed by atoms with van der Waals surface area (Å²) in [6.45, 7) is 6.89. The van der Waals surface area contributed by atoms with Crippen LogP contribution >= 0.6 is 0 Å². The molecule has 0 spiro atoms. The fourth-order valence-electron chi connectivity index (χ4n) is 2.73. The van der Waals surface area contributed by atoms with E-state index in [0.717, 1.165) is 38.8 Å². The van der Waals surface area contributed by atoms with Gasteiger partial charge in [-0.1, -0.05) is 26.7 Å². The molecular formula is C16H33NO3. The molecule has 0 aromatic carbocycles. The molecule has 0 heterocycles. The summed E-state index contributed by atoms with van der Waals surface area (Å²) in [7, 11) is 0. The van der Waals surface area contributed by atoms with Crippen molar-refractivity contribution in [3.05, 3.63) is 0 Å². The number of ether oxygens (including phenoxy) is 1. The maximum atomic E-state index is 9.85. The van der Waals surface area contributed by atoms with E-state index in [2.05, 4.69) is 19.2 Å². The molecule has 1 saturated carbocycles. The van der Waals surface area contributed by atoms with Crippen LogP contribution < -0.4 is 5.32 Å². The molecule has 20 heavy (non-hydrogen) atoms. The van der Waals surface area contributed by atoms with Gasteiger partial charge in [-0.05, 0) is 37.5 Å². The lowest BCUT2D eigenvalue weighted by Crippen LogP contribution is -2.38. The molecule has 3 unspecified atom stereocenters. The zero-order valence-corrected chi connectivity index (χ0v) is 13.2. The van der Waals surface area contributed by atoms with Gasteiger partial charge in [0.15, 0.2) is 0 Å². The topological polar surface area (TPSA) is 61.7 Å². The van der Waals surface area contributed by atoms with E-state index in [-0.39, 0.29) is 6.10 Å². The third-order valence-electron chi connectivity index (χ3n) is 4.04. The van der Waals surface area contributed by atoms with Crippen molar-refractivity contribution in [2.75, 3.05) is 26.3 Å². The average molecular weight is 287 g/mol. The minimum absolute atomic E-state index is 0.166. The van der Waals surface area contributed by atoms with Gasteiger partial charge in [-0.15, -0.1) is 0 Å². The van der Waals surface area contributed by atoms with Crippen molar-refractivity contribution < 1.29 is 14.9 Å². The third-order valence-corrected chi connectivity index (χ3v) is 4.04. The Morgan fingerprint density at radius 3 is 2.70 bits per heavy atom. The third kappa shape index (κ3) is 8.20. The standard InChI is InChI=1S/C16H33NO3/c1-13(2)6-5-9-20-12-15(18)11-17-10-14-7-3-4-8-16(14)19/h13-19H,3-12H2,1-2H3. The molecular weight excluding hydrogens is 254 g/mol. The smallest absolute Gasteiger partial charge is 0.0897 e. The van der Waals surface area contributed by atoms with Crippen LogP contribution in [-0.4, -0.2) is 48.7 Å². The summed E-state index contributed by atoms with van der Waals surface area (Å²) in [6, 6.07) is 0. The van der Waals surface area contributed by atoms with Crippen LogP contribution in [0.4, 0.5) is 0 Å². The summed E-state index contributed by atoms with van der Waals surface area (Å²) in [5.41, 5.74) is 0. The van der Waals surface area contributed by atoms with Crippen LogP contribution in [0.1, 0.15) is 52.4 Å². The second-order valence-corrected chi connectivity index (χ2v) is 6.53. The lowest BCUT2D eigenvalue weighted by molar-refractivity contribution is 0.0306. The van der Waals surface area contributed by atoms with Crippen molar-refractivity contribution in [1.82, 2.24) is 5.32 Å². The first-order valence-corrected chi connectivity index (χ1v) is 8.24. The van der Waals surface area contributed by atoms with E-state index >= 15 is 0 Å². The zero-order chi connectivity index (χ0) is 14.8. The molecule has 3 N–H and O–H groups in total. The molecule has 0 aromatic rings. The second kappa shape index (κ2) is 10.6. The number of rotatable bonds is 10. The number of hydrogen-bond acceptors (Lipinski definition) is 4. The molecule has 1 aliphatic carbocycles. The number of hydrogen-bond donors (Lipinski definition) is 3. The molecule has 1 fully saturated rings. The van der Waals surface area contributed by atoms with Gasteiger partial charge in [0.2, 0.25) is 0 Å². The quantitative estimate of drug-likeness (QED) is 0.537. The van der Waals surface area contributed by atoms with Gasteiger partial charge in [0, 0.05) is 19.7 Å². The molecule has 0 aliphatic heterocycles. The number of nitrogens with one attached hydrogen (secondary N) is 1. The summed E-state index contributed by atoms with van der Waals surface area (Å²) >= 11 is 0. The van der Waals surface area contributed by atoms with Crippen LogP contribution in [0.15, 0.2) is 0 Å². The molecule has 120 valence electrons. The number of aliphatic hydroxyl groups is 2. The highest BCUT2D eigenvalue weighted by Crippen LogP contribution is 2.23. The van der Waals surface area contributed by atoms with Crippen LogP contribution in [-0.2, 0) is 4.74 Å². The minimum Gasteiger partial charge on any atom is -0.393 e. The lowest BCUT2D eigenvalue weighted by Gasteiger charge is -2.28. The summed E-state index contributed by atoms with van der Waals surface area (Å²) < 4.78 is 5.47. The van der Waals surface area contributed by atoms with Gasteiger partial charge in [0.05, 0.1) is 18.8 Å². The van der Waals surface area contributed by atoms with Crippen molar-refractivity contribution in [1.29, 1.82) is 0 Å². The Hall–Kier alpha value is -0.160. The molecule has 0 amide bonds. The van der Waals surface area contributed by atoms with E-state index in [1.807, 2.05) is 0 Å². The Morgan fingerprint density at radius 2 is 2.00 bits per heavy atom. The van der Waals surface area contributed by atoms with Crippen LogP contribution in [0, 0.1) is 11.8 Å². The van der Waals surface area contributed by atoms with Crippen molar-refractivity contribution in [2.24, 2.45) is 11.8 Å². The van der Waals surface area contributed by atoms with Gasteiger partial charge in [0.25, 0.3) is 0 Å². The number of aliphatic hydroxyl groups excluding tert-OH is 2. The Morgan fingerprint density at radius 1 is 1.25 bits per heavy atom. The predicted octanol–water partition coefficient (Wildman–Crippen LogP) is 1.94. The monoisotopic (exact) mass is 287 g/mol. The van der Waals surface area contributed by atoms with Gasteiger partial charge < -0.3 is 20.3 Å². The molecule has 4 nitrogen and oxygen atoms in total. The maximum Gasteiger partial charge on any atom is 0.0897 e. The normalized spacial score (nSPS) is 25.1. The van der Waals surface area contributed by atoms with E-state index in [0.29, 0.717) is 25.0 Å². The maximum absolute atomic E-state index is 9.85. The van der Waals surface area contributed by atoms with Gasteiger partial charge in [0.1, 0.15) is 0 Å². The van der Waals surface area contributed by atoms with Gasteiger partial charge in [-0.3, -0.25) is 0 Å². The van der Waals surface area contributed by atoms with E-state index in [1.165, 1.54) is 12.8 Å². The summed E-state index contributed by atoms with van der Waals surface area (Å²) in [5, 5.41) is 22.9. The Bertz CT molecular complexity index is 236. The first-order valence-electron chi connectivity index (χ1n) is 8.24. The van der Waals surface area contributed by atoms with Crippen LogP contribution in [0.25, 0.3) is 0 Å². The SMILES string of the molecule is CC(C)CCCOCC(O)CNCC1CCCCC1O. The summed E-state index contributed by atoms with van der Waals surface area (Å²) in [4.78, 5) is 0. The van der Waals surface area contributed by atoms with E-state index in [4.69, 9.17) is 4.74 Å². The molecule has 4 heteroatoms. The van der Waals surface area contributed by atoms with Gasteiger partial charge in [-0.2, -0.15) is 0 Å². The van der Waals surface area contributed by atoms with Crippen LogP contribution in [0.3, 0.4) is 0 Å². The van der Waals surface area contributed by atoms with Crippen molar-refractivity contribution in [2.45, 2.75) is 64.6 Å². The highest BCUT2D eigenvalue weighted by atomic mass is 16.5. The molecule has 1 rings (SSSR count). The Labute approximate surface area is 123 Å². The van der Waals surface area contributed by atoms with E-state index in [1.54, 1.807) is 0 Å². The molecule has 1 aliphatic rings. The average Bonchev–Trinajstić information content (AvgIpc) is 2.40. The zero-order valence-electron chi connectivity index (χ0n) is 13.2. The lowest BCUT2D eigenvalue weighted by atomic mass is 9.86. The summed E-state index contributed by atoms with van der Waals surface area (Å²) in [6.07, 6.45) is 6.00. The highest BCUT2D eigenvalue weighted by molar-refractivity contribution is 4.76. The first kappa shape index (κ1) is 17.9. The Kier molecular flexibility index (Phi) is 9.44. The second-order valence-electron chi connectivity index (χ2n) is 6.53. The summed E-state index contributed by atoms with van der Waals surface area (Å²) in [5.74, 6) is 1.06. The Balaban J connectivity index is 1.95. The largest absolute Gasteiger partial charge is 0.393 e. The molecule has 0 saturated heterocycles. The van der Waals surface area contributed by atoms with E-state index < -0.39 is 6.10 Å². The van der Waals surface area contributed by atoms with Gasteiger partial charge in [-0.25, -0.2) is 0 Å². The van der Waals surface area contributed by atoms with Crippen molar-refractivity contribution in [3.8, 4) is 0 Å². The van der Waals surface area contributed by atoms with Crippen molar-refractivity contribution in [3.63, 3.8) is 0 Å². The molecule has 0 bridgehead atoms. The minimum atomic E-state index is -0.449. The van der Waals surface area contributed by atoms with Crippen LogP contribution in [0.5, 0.6) is 0 Å². The van der Waals surface area contributed by atoms with Gasteiger partial charge >= 0.3 is 0 Å². The molecule has 0 aromatic heterocycles. The molecule has 3 atom stereocenters. The molecule has 0 radical (unpaired) electrons.